The van der Waals surface area contributed by atoms with Crippen LogP contribution in [0.25, 0.3) is 0 Å². The molecule has 0 saturated carbocycles. The van der Waals surface area contributed by atoms with Crippen LogP contribution in [0.1, 0.15) is 5.56 Å². The van der Waals surface area contributed by atoms with Crippen LogP contribution in [0.2, 0.25) is 0 Å². The summed E-state index contributed by atoms with van der Waals surface area (Å²) < 4.78 is 27.8. The number of amides is 1. The van der Waals surface area contributed by atoms with Crippen LogP contribution in [0.3, 0.4) is 0 Å². The Hall–Kier alpha value is -2.34. The Kier molecular flexibility index (Phi) is 4.82. The first-order chi connectivity index (χ1) is 10.4. The lowest BCUT2D eigenvalue weighted by Gasteiger charge is -2.07. The standard InChI is InChI=1S/C16H17NO4S/c1-21-14-7-5-13(6-8-14)17-16(18)11-12-3-9-15(10-4-12)22(2,19)20/h3-10H,11H2,1-2H3,(H,17,18). The molecule has 0 spiro atoms. The van der Waals surface area contributed by atoms with Gasteiger partial charge >= 0.3 is 0 Å². The van der Waals surface area contributed by atoms with Gasteiger partial charge in [-0.3, -0.25) is 4.79 Å². The largest absolute Gasteiger partial charge is 0.497 e. The van der Waals surface area contributed by atoms with Crippen LogP contribution in [-0.4, -0.2) is 27.7 Å². The van der Waals surface area contributed by atoms with Gasteiger partial charge in [-0.05, 0) is 42.0 Å². The molecule has 5 nitrogen and oxygen atoms in total. The number of carbonyl (C=O) groups is 1. The minimum absolute atomic E-state index is 0.169. The van der Waals surface area contributed by atoms with E-state index in [0.717, 1.165) is 17.6 Å². The average molecular weight is 319 g/mol. The number of anilines is 1. The molecule has 0 bridgehead atoms. The molecule has 22 heavy (non-hydrogen) atoms. The first-order valence-electron chi connectivity index (χ1n) is 6.61. The predicted octanol–water partition coefficient (Wildman–Crippen LogP) is 2.28. The number of methoxy groups -OCH3 is 1. The highest BCUT2D eigenvalue weighted by molar-refractivity contribution is 7.90. The Labute approximate surface area is 129 Å². The molecule has 2 rings (SSSR count). The van der Waals surface area contributed by atoms with Gasteiger partial charge in [0.05, 0.1) is 18.4 Å². The highest BCUT2D eigenvalue weighted by atomic mass is 32.2. The molecule has 1 amide bonds. The third-order valence-corrected chi connectivity index (χ3v) is 4.22. The number of hydrogen-bond donors (Lipinski definition) is 1. The molecule has 0 heterocycles. The normalized spacial score (nSPS) is 11.0. The van der Waals surface area contributed by atoms with Gasteiger partial charge in [-0.1, -0.05) is 12.1 Å². The van der Waals surface area contributed by atoms with Crippen molar-refractivity contribution >= 4 is 21.4 Å². The zero-order valence-electron chi connectivity index (χ0n) is 12.4. The molecule has 0 aliphatic heterocycles. The van der Waals surface area contributed by atoms with E-state index in [1.54, 1.807) is 43.5 Å². The van der Waals surface area contributed by atoms with E-state index in [1.165, 1.54) is 12.1 Å². The summed E-state index contributed by atoms with van der Waals surface area (Å²) in [6.45, 7) is 0. The maximum absolute atomic E-state index is 12.0. The summed E-state index contributed by atoms with van der Waals surface area (Å²) >= 11 is 0. The zero-order valence-corrected chi connectivity index (χ0v) is 13.2. The molecule has 0 aromatic heterocycles. The van der Waals surface area contributed by atoms with Crippen molar-refractivity contribution in [2.45, 2.75) is 11.3 Å². The Morgan fingerprint density at radius 1 is 1.05 bits per heavy atom. The number of carbonyl (C=O) groups excluding carboxylic acids is 1. The quantitative estimate of drug-likeness (QED) is 0.917. The fourth-order valence-corrected chi connectivity index (χ4v) is 2.55. The number of hydrogen-bond acceptors (Lipinski definition) is 4. The van der Waals surface area contributed by atoms with Crippen molar-refractivity contribution < 1.29 is 17.9 Å². The van der Waals surface area contributed by atoms with Gasteiger partial charge in [-0.2, -0.15) is 0 Å². The summed E-state index contributed by atoms with van der Waals surface area (Å²) in [5.41, 5.74) is 1.43. The van der Waals surface area contributed by atoms with E-state index < -0.39 is 9.84 Å². The number of nitrogens with one attached hydrogen (secondary N) is 1. The molecule has 0 aliphatic carbocycles. The van der Waals surface area contributed by atoms with Crippen molar-refractivity contribution in [3.8, 4) is 5.75 Å². The molecule has 0 atom stereocenters. The van der Waals surface area contributed by atoms with Crippen LogP contribution >= 0.6 is 0 Å². The first kappa shape index (κ1) is 16.0. The smallest absolute Gasteiger partial charge is 0.228 e. The highest BCUT2D eigenvalue weighted by Gasteiger charge is 2.08. The summed E-state index contributed by atoms with van der Waals surface area (Å²) in [4.78, 5) is 12.2. The molecule has 0 fully saturated rings. The van der Waals surface area contributed by atoms with Crippen LogP contribution in [0.15, 0.2) is 53.4 Å². The van der Waals surface area contributed by atoms with Crippen LogP contribution in [-0.2, 0) is 21.1 Å². The molecule has 1 N–H and O–H groups in total. The summed E-state index contributed by atoms with van der Waals surface area (Å²) in [6, 6.07) is 13.3. The van der Waals surface area contributed by atoms with E-state index in [4.69, 9.17) is 4.74 Å². The zero-order chi connectivity index (χ0) is 16.2. The number of benzene rings is 2. The minimum Gasteiger partial charge on any atom is -0.497 e. The van der Waals surface area contributed by atoms with E-state index in [0.29, 0.717) is 5.69 Å². The van der Waals surface area contributed by atoms with Crippen molar-refractivity contribution in [2.24, 2.45) is 0 Å². The van der Waals surface area contributed by atoms with Gasteiger partial charge in [0.1, 0.15) is 5.75 Å². The second-order valence-electron chi connectivity index (χ2n) is 4.87. The molecular weight excluding hydrogens is 302 g/mol. The molecule has 116 valence electrons. The Morgan fingerprint density at radius 3 is 2.14 bits per heavy atom. The van der Waals surface area contributed by atoms with E-state index in [1.807, 2.05) is 0 Å². The summed E-state index contributed by atoms with van der Waals surface area (Å²) in [7, 11) is -1.64. The van der Waals surface area contributed by atoms with Gasteiger partial charge in [0.2, 0.25) is 5.91 Å². The second-order valence-corrected chi connectivity index (χ2v) is 6.89. The van der Waals surface area contributed by atoms with Gasteiger partial charge in [0.15, 0.2) is 9.84 Å². The van der Waals surface area contributed by atoms with Gasteiger partial charge in [0.25, 0.3) is 0 Å². The molecule has 2 aromatic carbocycles. The number of sulfone groups is 1. The van der Waals surface area contributed by atoms with Gasteiger partial charge in [-0.25, -0.2) is 8.42 Å². The monoisotopic (exact) mass is 319 g/mol. The molecular formula is C16H17NO4S. The Morgan fingerprint density at radius 2 is 1.64 bits per heavy atom. The highest BCUT2D eigenvalue weighted by Crippen LogP contribution is 2.16. The van der Waals surface area contributed by atoms with Gasteiger partial charge < -0.3 is 10.1 Å². The maximum Gasteiger partial charge on any atom is 0.228 e. The SMILES string of the molecule is COc1ccc(NC(=O)Cc2ccc(S(C)(=O)=O)cc2)cc1. The van der Waals surface area contributed by atoms with E-state index in [9.17, 15) is 13.2 Å². The molecule has 0 unspecified atom stereocenters. The third-order valence-electron chi connectivity index (χ3n) is 3.09. The van der Waals surface area contributed by atoms with Crippen molar-refractivity contribution in [3.63, 3.8) is 0 Å². The summed E-state index contributed by atoms with van der Waals surface area (Å²) in [5.74, 6) is 0.548. The molecule has 0 radical (unpaired) electrons. The Balaban J connectivity index is 1.99. The van der Waals surface area contributed by atoms with Crippen molar-refractivity contribution in [1.29, 1.82) is 0 Å². The minimum atomic E-state index is -3.22. The van der Waals surface area contributed by atoms with Gasteiger partial charge in [0, 0.05) is 11.9 Å². The van der Waals surface area contributed by atoms with E-state index in [2.05, 4.69) is 5.32 Å². The fraction of sp³-hybridized carbons (Fsp3) is 0.188. The van der Waals surface area contributed by atoms with Crippen LogP contribution in [0.5, 0.6) is 5.75 Å². The van der Waals surface area contributed by atoms with E-state index in [-0.39, 0.29) is 17.2 Å². The lowest BCUT2D eigenvalue weighted by molar-refractivity contribution is -0.115. The van der Waals surface area contributed by atoms with Crippen LogP contribution < -0.4 is 10.1 Å². The number of rotatable bonds is 5. The fourth-order valence-electron chi connectivity index (χ4n) is 1.92. The predicted molar refractivity (Wildman–Crippen MR) is 84.9 cm³/mol. The van der Waals surface area contributed by atoms with E-state index >= 15 is 0 Å². The molecule has 6 heteroatoms. The molecule has 2 aromatic rings. The third kappa shape index (κ3) is 4.33. The summed E-state index contributed by atoms with van der Waals surface area (Å²) in [6.07, 6.45) is 1.33. The first-order valence-corrected chi connectivity index (χ1v) is 8.50. The van der Waals surface area contributed by atoms with Gasteiger partial charge in [-0.15, -0.1) is 0 Å². The Bertz CT molecular complexity index is 750. The molecule has 0 aliphatic rings. The second kappa shape index (κ2) is 6.62. The van der Waals surface area contributed by atoms with Crippen molar-refractivity contribution in [3.05, 3.63) is 54.1 Å². The topological polar surface area (TPSA) is 72.5 Å². The lowest BCUT2D eigenvalue weighted by atomic mass is 10.1. The number of ether oxygens (including phenoxy) is 1. The van der Waals surface area contributed by atoms with Crippen LogP contribution in [0, 0.1) is 0 Å². The van der Waals surface area contributed by atoms with Crippen molar-refractivity contribution in [1.82, 2.24) is 0 Å². The van der Waals surface area contributed by atoms with Crippen molar-refractivity contribution in [2.75, 3.05) is 18.7 Å². The van der Waals surface area contributed by atoms with Crippen LogP contribution in [0.4, 0.5) is 5.69 Å². The molecule has 0 saturated heterocycles. The lowest BCUT2D eigenvalue weighted by Crippen LogP contribution is -2.14. The average Bonchev–Trinajstić information content (AvgIpc) is 2.47. The maximum atomic E-state index is 12.0. The summed E-state index contributed by atoms with van der Waals surface area (Å²) in [5, 5.41) is 2.77.